The first-order valence-corrected chi connectivity index (χ1v) is 9.50. The van der Waals surface area contributed by atoms with E-state index in [1.54, 1.807) is 6.07 Å². The van der Waals surface area contributed by atoms with Crippen molar-refractivity contribution in [2.24, 2.45) is 0 Å². The Bertz CT molecular complexity index is 920. The van der Waals surface area contributed by atoms with Crippen LogP contribution in [0.2, 0.25) is 0 Å². The Balaban J connectivity index is 1.44. The van der Waals surface area contributed by atoms with Gasteiger partial charge >= 0.3 is 0 Å². The maximum atomic E-state index is 12.2. The monoisotopic (exact) mass is 391 g/mol. The fraction of sp³-hybridized carbons (Fsp3) is 0.208. The van der Waals surface area contributed by atoms with Crippen molar-refractivity contribution in [3.63, 3.8) is 0 Å². The van der Waals surface area contributed by atoms with Crippen LogP contribution in [0.5, 0.6) is 17.2 Å². The van der Waals surface area contributed by atoms with Crippen LogP contribution in [-0.4, -0.2) is 25.7 Å². The molecule has 0 bridgehead atoms. The molecule has 0 atom stereocenters. The van der Waals surface area contributed by atoms with Crippen LogP contribution >= 0.6 is 0 Å². The van der Waals surface area contributed by atoms with E-state index in [1.165, 1.54) is 0 Å². The molecule has 3 aromatic carbocycles. The number of nitrogens with one attached hydrogen (secondary N) is 1. The van der Waals surface area contributed by atoms with Gasteiger partial charge in [0, 0.05) is 11.8 Å². The van der Waals surface area contributed by atoms with Crippen LogP contribution in [0.15, 0.2) is 72.8 Å². The third-order valence-corrected chi connectivity index (χ3v) is 4.05. The number of carbonyl (C=O) groups excluding carboxylic acids is 1. The van der Waals surface area contributed by atoms with Gasteiger partial charge in [0.2, 0.25) is 0 Å². The molecule has 3 rings (SSSR count). The van der Waals surface area contributed by atoms with E-state index in [4.69, 9.17) is 14.2 Å². The van der Waals surface area contributed by atoms with Crippen molar-refractivity contribution in [2.75, 3.05) is 25.1 Å². The normalized spacial score (nSPS) is 10.3. The quantitative estimate of drug-likeness (QED) is 0.534. The third-order valence-electron chi connectivity index (χ3n) is 4.05. The molecule has 0 fully saturated rings. The van der Waals surface area contributed by atoms with Gasteiger partial charge in [0.25, 0.3) is 5.91 Å². The van der Waals surface area contributed by atoms with Gasteiger partial charge in [-0.05, 0) is 61.4 Å². The van der Waals surface area contributed by atoms with Gasteiger partial charge in [0.05, 0.1) is 0 Å². The molecule has 29 heavy (non-hydrogen) atoms. The maximum Gasteiger partial charge on any atom is 0.262 e. The number of amides is 1. The molecule has 0 heterocycles. The highest BCUT2D eigenvalue weighted by atomic mass is 16.5. The lowest BCUT2D eigenvalue weighted by Gasteiger charge is -2.11. The van der Waals surface area contributed by atoms with Gasteiger partial charge < -0.3 is 19.5 Å². The molecule has 0 aliphatic rings. The average Bonchev–Trinajstić information content (AvgIpc) is 2.70. The fourth-order valence-corrected chi connectivity index (χ4v) is 2.86. The molecule has 150 valence electrons. The standard InChI is InChI=1S/C24H25NO4/c1-18-13-19(2)15-23(14-18)29-17-24(26)25-20-7-6-10-22(16-20)28-12-11-27-21-8-4-3-5-9-21/h3-10,13-16H,11-12,17H2,1-2H3,(H,25,26). The van der Waals surface area contributed by atoms with Crippen molar-refractivity contribution in [1.82, 2.24) is 0 Å². The number of carbonyl (C=O) groups is 1. The highest BCUT2D eigenvalue weighted by molar-refractivity contribution is 5.92. The lowest BCUT2D eigenvalue weighted by atomic mass is 10.1. The van der Waals surface area contributed by atoms with E-state index in [0.717, 1.165) is 16.9 Å². The van der Waals surface area contributed by atoms with Gasteiger partial charge in [0.1, 0.15) is 30.5 Å². The average molecular weight is 391 g/mol. The predicted octanol–water partition coefficient (Wildman–Crippen LogP) is 4.78. The number of ether oxygens (including phenoxy) is 3. The second-order valence-electron chi connectivity index (χ2n) is 6.70. The molecule has 1 amide bonds. The van der Waals surface area contributed by atoms with Crippen LogP contribution in [0.4, 0.5) is 5.69 Å². The smallest absolute Gasteiger partial charge is 0.262 e. The summed E-state index contributed by atoms with van der Waals surface area (Å²) in [6.07, 6.45) is 0. The van der Waals surface area contributed by atoms with E-state index in [9.17, 15) is 4.79 Å². The molecule has 0 spiro atoms. The van der Waals surface area contributed by atoms with Crippen LogP contribution in [0, 0.1) is 13.8 Å². The number of hydrogen-bond donors (Lipinski definition) is 1. The molecule has 1 N–H and O–H groups in total. The molecule has 3 aromatic rings. The van der Waals surface area contributed by atoms with Crippen molar-refractivity contribution in [3.8, 4) is 17.2 Å². The first-order chi connectivity index (χ1) is 14.1. The fourth-order valence-electron chi connectivity index (χ4n) is 2.86. The Morgan fingerprint density at radius 1 is 0.724 bits per heavy atom. The molecular formula is C24H25NO4. The molecule has 0 aliphatic carbocycles. The van der Waals surface area contributed by atoms with E-state index in [-0.39, 0.29) is 12.5 Å². The van der Waals surface area contributed by atoms with Crippen LogP contribution in [0.3, 0.4) is 0 Å². The first kappa shape index (κ1) is 20.3. The Labute approximate surface area is 171 Å². The molecule has 0 radical (unpaired) electrons. The minimum Gasteiger partial charge on any atom is -0.490 e. The van der Waals surface area contributed by atoms with Crippen molar-refractivity contribution < 1.29 is 19.0 Å². The minimum absolute atomic E-state index is 0.0567. The molecule has 0 saturated carbocycles. The van der Waals surface area contributed by atoms with Gasteiger partial charge in [-0.2, -0.15) is 0 Å². The van der Waals surface area contributed by atoms with Crippen molar-refractivity contribution in [1.29, 1.82) is 0 Å². The Kier molecular flexibility index (Phi) is 7.11. The minimum atomic E-state index is -0.228. The molecule has 0 unspecified atom stereocenters. The number of para-hydroxylation sites is 1. The molecular weight excluding hydrogens is 366 g/mol. The van der Waals surface area contributed by atoms with Gasteiger partial charge in [-0.3, -0.25) is 4.79 Å². The number of benzene rings is 3. The number of rotatable bonds is 9. The van der Waals surface area contributed by atoms with E-state index >= 15 is 0 Å². The summed E-state index contributed by atoms with van der Waals surface area (Å²) >= 11 is 0. The van der Waals surface area contributed by atoms with E-state index in [2.05, 4.69) is 11.4 Å². The Morgan fingerprint density at radius 2 is 1.38 bits per heavy atom. The molecule has 5 nitrogen and oxygen atoms in total. The van der Waals surface area contributed by atoms with Crippen LogP contribution in [0.25, 0.3) is 0 Å². The second kappa shape index (κ2) is 10.2. The summed E-state index contributed by atoms with van der Waals surface area (Å²) in [5, 5.41) is 2.82. The summed E-state index contributed by atoms with van der Waals surface area (Å²) in [4.78, 5) is 12.2. The summed E-state index contributed by atoms with van der Waals surface area (Å²) in [6, 6.07) is 22.7. The predicted molar refractivity (Wildman–Crippen MR) is 114 cm³/mol. The zero-order valence-corrected chi connectivity index (χ0v) is 16.7. The zero-order valence-electron chi connectivity index (χ0n) is 16.7. The third kappa shape index (κ3) is 6.88. The largest absolute Gasteiger partial charge is 0.490 e. The maximum absolute atomic E-state index is 12.2. The Hall–Kier alpha value is -3.47. The lowest BCUT2D eigenvalue weighted by molar-refractivity contribution is -0.118. The molecule has 0 saturated heterocycles. The topological polar surface area (TPSA) is 56.8 Å². The molecule has 0 aromatic heterocycles. The molecule has 0 aliphatic heterocycles. The van der Waals surface area contributed by atoms with Gasteiger partial charge in [-0.1, -0.05) is 30.3 Å². The molecule has 5 heteroatoms. The summed E-state index contributed by atoms with van der Waals surface area (Å²) < 4.78 is 16.9. The number of aryl methyl sites for hydroxylation is 2. The van der Waals surface area contributed by atoms with Crippen LogP contribution in [0.1, 0.15) is 11.1 Å². The number of hydrogen-bond acceptors (Lipinski definition) is 4. The SMILES string of the molecule is Cc1cc(C)cc(OCC(=O)Nc2cccc(OCCOc3ccccc3)c2)c1. The van der Waals surface area contributed by atoms with Gasteiger partial charge in [-0.15, -0.1) is 0 Å². The summed E-state index contributed by atoms with van der Waals surface area (Å²) in [5.74, 6) is 1.93. The van der Waals surface area contributed by atoms with Crippen molar-refractivity contribution in [2.45, 2.75) is 13.8 Å². The highest BCUT2D eigenvalue weighted by Crippen LogP contribution is 2.19. The van der Waals surface area contributed by atoms with Crippen molar-refractivity contribution in [3.05, 3.63) is 83.9 Å². The summed E-state index contributed by atoms with van der Waals surface area (Å²) in [5.41, 5.74) is 2.85. The summed E-state index contributed by atoms with van der Waals surface area (Å²) in [6.45, 7) is 4.78. The van der Waals surface area contributed by atoms with Crippen molar-refractivity contribution >= 4 is 11.6 Å². The van der Waals surface area contributed by atoms with E-state index in [0.29, 0.717) is 30.4 Å². The first-order valence-electron chi connectivity index (χ1n) is 9.50. The van der Waals surface area contributed by atoms with Crippen LogP contribution in [-0.2, 0) is 4.79 Å². The van der Waals surface area contributed by atoms with E-state index in [1.807, 2.05) is 74.5 Å². The zero-order chi connectivity index (χ0) is 20.5. The highest BCUT2D eigenvalue weighted by Gasteiger charge is 2.06. The number of anilines is 1. The van der Waals surface area contributed by atoms with Gasteiger partial charge in [0.15, 0.2) is 6.61 Å². The van der Waals surface area contributed by atoms with E-state index < -0.39 is 0 Å². The van der Waals surface area contributed by atoms with Gasteiger partial charge in [-0.25, -0.2) is 0 Å². The second-order valence-corrected chi connectivity index (χ2v) is 6.70. The van der Waals surface area contributed by atoms with Crippen LogP contribution < -0.4 is 19.5 Å². The lowest BCUT2D eigenvalue weighted by Crippen LogP contribution is -2.20. The Morgan fingerprint density at radius 3 is 2.10 bits per heavy atom. The summed E-state index contributed by atoms with van der Waals surface area (Å²) in [7, 11) is 0.